The molecular formula is C42H25NS. The van der Waals surface area contributed by atoms with E-state index in [-0.39, 0.29) is 0 Å². The predicted octanol–water partition coefficient (Wildman–Crippen LogP) is 12.3. The van der Waals surface area contributed by atoms with Crippen molar-refractivity contribution in [1.82, 2.24) is 4.57 Å². The van der Waals surface area contributed by atoms with Gasteiger partial charge in [-0.15, -0.1) is 11.3 Å². The molecule has 0 spiro atoms. The molecule has 10 rings (SSSR count). The average molecular weight is 576 g/mol. The molecule has 2 aromatic heterocycles. The second-order valence-electron chi connectivity index (χ2n) is 11.6. The van der Waals surface area contributed by atoms with Gasteiger partial charge >= 0.3 is 0 Å². The molecule has 0 saturated heterocycles. The second-order valence-corrected chi connectivity index (χ2v) is 12.7. The quantitative estimate of drug-likeness (QED) is 0.181. The normalized spacial score (nSPS) is 12.1. The molecule has 0 fully saturated rings. The fraction of sp³-hybridized carbons (Fsp3) is 0. The molecule has 0 N–H and O–H groups in total. The highest BCUT2D eigenvalue weighted by molar-refractivity contribution is 7.27. The zero-order chi connectivity index (χ0) is 28.8. The molecular weight excluding hydrogens is 551 g/mol. The Balaban J connectivity index is 1.50. The Kier molecular flexibility index (Phi) is 4.94. The van der Waals surface area contributed by atoms with Gasteiger partial charge in [-0.1, -0.05) is 133 Å². The van der Waals surface area contributed by atoms with E-state index in [0.717, 1.165) is 0 Å². The summed E-state index contributed by atoms with van der Waals surface area (Å²) in [5.41, 5.74) is 6.21. The SMILES string of the molecule is c1ccc(-c2ccc(-n3c4c5ccccc5c5ccccc5c4c4c5ccccc5c5c6ccccc6sc5c43)cc2)cc1. The largest absolute Gasteiger partial charge is 0.307 e. The highest BCUT2D eigenvalue weighted by atomic mass is 32.1. The van der Waals surface area contributed by atoms with Crippen LogP contribution >= 0.6 is 11.3 Å². The molecule has 0 unspecified atom stereocenters. The van der Waals surface area contributed by atoms with Gasteiger partial charge in [0.1, 0.15) is 0 Å². The summed E-state index contributed by atoms with van der Waals surface area (Å²) in [5.74, 6) is 0. The van der Waals surface area contributed by atoms with Crippen LogP contribution in [-0.2, 0) is 0 Å². The van der Waals surface area contributed by atoms with Crippen LogP contribution in [-0.4, -0.2) is 4.57 Å². The van der Waals surface area contributed by atoms with Crippen LogP contribution in [0, 0.1) is 0 Å². The molecule has 204 valence electrons. The van der Waals surface area contributed by atoms with Crippen molar-refractivity contribution in [2.24, 2.45) is 0 Å². The monoisotopic (exact) mass is 575 g/mol. The van der Waals surface area contributed by atoms with Gasteiger partial charge < -0.3 is 4.57 Å². The zero-order valence-electron chi connectivity index (χ0n) is 23.8. The Morgan fingerprint density at radius 1 is 0.341 bits per heavy atom. The van der Waals surface area contributed by atoms with E-state index in [1.165, 1.54) is 91.1 Å². The number of benzene rings is 8. The lowest BCUT2D eigenvalue weighted by molar-refractivity contribution is 1.20. The Hall–Kier alpha value is -5.44. The third-order valence-corrected chi connectivity index (χ3v) is 10.5. The number of hydrogen-bond donors (Lipinski definition) is 0. The minimum Gasteiger partial charge on any atom is -0.307 e. The summed E-state index contributed by atoms with van der Waals surface area (Å²) in [6.07, 6.45) is 0. The van der Waals surface area contributed by atoms with Crippen molar-refractivity contribution in [2.45, 2.75) is 0 Å². The van der Waals surface area contributed by atoms with Crippen molar-refractivity contribution in [3.63, 3.8) is 0 Å². The third-order valence-electron chi connectivity index (χ3n) is 9.35. The molecule has 10 aromatic rings. The Bertz CT molecular complexity index is 2750. The van der Waals surface area contributed by atoms with Crippen LogP contribution < -0.4 is 0 Å². The van der Waals surface area contributed by atoms with Crippen LogP contribution in [0.5, 0.6) is 0 Å². The summed E-state index contributed by atoms with van der Waals surface area (Å²) >= 11 is 1.92. The number of aromatic nitrogens is 1. The van der Waals surface area contributed by atoms with Crippen molar-refractivity contribution in [3.8, 4) is 16.8 Å². The van der Waals surface area contributed by atoms with Crippen LogP contribution in [0.25, 0.3) is 91.1 Å². The lowest BCUT2D eigenvalue weighted by Gasteiger charge is -2.13. The first-order valence-corrected chi connectivity index (χ1v) is 15.9. The second kappa shape index (κ2) is 9.03. The Labute approximate surface area is 257 Å². The molecule has 0 aliphatic heterocycles. The molecule has 2 heterocycles. The Morgan fingerprint density at radius 3 is 1.52 bits per heavy atom. The van der Waals surface area contributed by atoms with Gasteiger partial charge in [-0.25, -0.2) is 0 Å². The maximum atomic E-state index is 2.57. The molecule has 44 heavy (non-hydrogen) atoms. The fourth-order valence-corrected chi connectivity index (χ4v) is 8.78. The number of rotatable bonds is 2. The van der Waals surface area contributed by atoms with E-state index in [9.17, 15) is 0 Å². The lowest BCUT2D eigenvalue weighted by atomic mass is 9.94. The molecule has 0 atom stereocenters. The molecule has 0 bridgehead atoms. The van der Waals surface area contributed by atoms with Crippen LogP contribution in [0.4, 0.5) is 0 Å². The van der Waals surface area contributed by atoms with Crippen molar-refractivity contribution in [3.05, 3.63) is 152 Å². The molecule has 0 aliphatic carbocycles. The van der Waals surface area contributed by atoms with Gasteiger partial charge in [-0.3, -0.25) is 0 Å². The van der Waals surface area contributed by atoms with Gasteiger partial charge in [0, 0.05) is 37.3 Å². The van der Waals surface area contributed by atoms with Gasteiger partial charge in [-0.05, 0) is 56.3 Å². The molecule has 1 nitrogen and oxygen atoms in total. The van der Waals surface area contributed by atoms with E-state index in [0.29, 0.717) is 0 Å². The van der Waals surface area contributed by atoms with E-state index in [1.807, 2.05) is 11.3 Å². The van der Waals surface area contributed by atoms with Crippen LogP contribution in [0.3, 0.4) is 0 Å². The average Bonchev–Trinajstić information content (AvgIpc) is 3.67. The third kappa shape index (κ3) is 3.18. The van der Waals surface area contributed by atoms with E-state index in [4.69, 9.17) is 0 Å². The first-order chi connectivity index (χ1) is 21.9. The maximum absolute atomic E-state index is 2.57. The van der Waals surface area contributed by atoms with Crippen molar-refractivity contribution >= 4 is 85.6 Å². The minimum atomic E-state index is 1.18. The minimum absolute atomic E-state index is 1.18. The number of nitrogens with zero attached hydrogens (tertiary/aromatic N) is 1. The van der Waals surface area contributed by atoms with Crippen molar-refractivity contribution < 1.29 is 0 Å². The van der Waals surface area contributed by atoms with E-state index < -0.39 is 0 Å². The molecule has 0 amide bonds. The van der Waals surface area contributed by atoms with E-state index >= 15 is 0 Å². The number of hydrogen-bond acceptors (Lipinski definition) is 1. The van der Waals surface area contributed by atoms with Gasteiger partial charge in [0.05, 0.1) is 15.7 Å². The number of thiophene rings is 1. The first kappa shape index (κ1) is 24.0. The van der Waals surface area contributed by atoms with Gasteiger partial charge in [0.25, 0.3) is 0 Å². The molecule has 2 heteroatoms. The van der Waals surface area contributed by atoms with Gasteiger partial charge in [0.15, 0.2) is 0 Å². The summed E-state index contributed by atoms with van der Waals surface area (Å²) in [6, 6.07) is 55.6. The summed E-state index contributed by atoms with van der Waals surface area (Å²) in [4.78, 5) is 0. The predicted molar refractivity (Wildman–Crippen MR) is 192 cm³/mol. The molecule has 0 aliphatic rings. The van der Waals surface area contributed by atoms with E-state index in [2.05, 4.69) is 156 Å². The number of fused-ring (bicyclic) bond motifs is 15. The fourth-order valence-electron chi connectivity index (χ4n) is 7.52. The summed E-state index contributed by atoms with van der Waals surface area (Å²) in [7, 11) is 0. The molecule has 0 saturated carbocycles. The lowest BCUT2D eigenvalue weighted by Crippen LogP contribution is -1.95. The summed E-state index contributed by atoms with van der Waals surface area (Å²) in [6.45, 7) is 0. The standard InChI is InChI=1S/C42H25NS/c1-2-12-26(13-3-1)27-22-24-28(25-23-27)43-40-34-19-9-5-15-30(34)29-14-4-6-16-31(29)38(40)39-33-18-8-7-17-32(33)37-35-20-10-11-21-36(35)44-42(37)41(39)43/h1-25H. The summed E-state index contributed by atoms with van der Waals surface area (Å²) < 4.78 is 5.24. The van der Waals surface area contributed by atoms with Gasteiger partial charge in [-0.2, -0.15) is 0 Å². The highest BCUT2D eigenvalue weighted by Gasteiger charge is 2.24. The molecule has 8 aromatic carbocycles. The maximum Gasteiger partial charge on any atom is 0.0726 e. The first-order valence-electron chi connectivity index (χ1n) is 15.1. The van der Waals surface area contributed by atoms with Crippen LogP contribution in [0.2, 0.25) is 0 Å². The molecule has 0 radical (unpaired) electrons. The zero-order valence-corrected chi connectivity index (χ0v) is 24.6. The Morgan fingerprint density at radius 2 is 0.818 bits per heavy atom. The van der Waals surface area contributed by atoms with E-state index in [1.54, 1.807) is 0 Å². The van der Waals surface area contributed by atoms with Crippen LogP contribution in [0.1, 0.15) is 0 Å². The smallest absolute Gasteiger partial charge is 0.0726 e. The topological polar surface area (TPSA) is 4.93 Å². The van der Waals surface area contributed by atoms with Crippen molar-refractivity contribution in [2.75, 3.05) is 0 Å². The summed E-state index contributed by atoms with van der Waals surface area (Å²) in [5, 5.41) is 13.2. The van der Waals surface area contributed by atoms with Gasteiger partial charge in [0.2, 0.25) is 0 Å². The highest BCUT2D eigenvalue weighted by Crippen LogP contribution is 2.50. The van der Waals surface area contributed by atoms with Crippen LogP contribution in [0.15, 0.2) is 152 Å². The van der Waals surface area contributed by atoms with Crippen molar-refractivity contribution in [1.29, 1.82) is 0 Å².